The highest BCUT2D eigenvalue weighted by Gasteiger charge is 2.22. The van der Waals surface area contributed by atoms with Crippen molar-refractivity contribution >= 4 is 16.8 Å². The molecule has 0 bridgehead atoms. The largest absolute Gasteiger partial charge is 0.481 e. The predicted octanol–water partition coefficient (Wildman–Crippen LogP) is 4.26. The van der Waals surface area contributed by atoms with Gasteiger partial charge in [0.15, 0.2) is 17.7 Å². The molecule has 1 N–H and O–H groups in total. The molecule has 0 unspecified atom stereocenters. The molecule has 4 nitrogen and oxygen atoms in total. The number of nitrogens with one attached hydrogen (secondary N) is 1. The van der Waals surface area contributed by atoms with Gasteiger partial charge in [0.25, 0.3) is 5.91 Å². The van der Waals surface area contributed by atoms with Crippen molar-refractivity contribution in [2.45, 2.75) is 26.5 Å². The fourth-order valence-corrected chi connectivity index (χ4v) is 2.88. The van der Waals surface area contributed by atoms with Gasteiger partial charge in [-0.3, -0.25) is 4.79 Å². The fraction of sp³-hybridized carbons (Fsp3) is 0.250. The average Bonchev–Trinajstić information content (AvgIpc) is 3.05. The zero-order valence-corrected chi connectivity index (χ0v) is 14.6. The Morgan fingerprint density at radius 3 is 2.69 bits per heavy atom. The van der Waals surface area contributed by atoms with Crippen molar-refractivity contribution < 1.29 is 18.3 Å². The first kappa shape index (κ1) is 17.9. The van der Waals surface area contributed by atoms with Crippen molar-refractivity contribution in [1.82, 2.24) is 9.88 Å². The fourth-order valence-electron chi connectivity index (χ4n) is 2.88. The molecule has 26 heavy (non-hydrogen) atoms. The summed E-state index contributed by atoms with van der Waals surface area (Å²) in [5, 5.41) is 1.06. The van der Waals surface area contributed by atoms with E-state index in [1.165, 1.54) is 6.07 Å². The van der Waals surface area contributed by atoms with Gasteiger partial charge >= 0.3 is 0 Å². The first-order valence-electron chi connectivity index (χ1n) is 8.45. The topological polar surface area (TPSA) is 45.3 Å². The molecule has 1 atom stereocenters. The Kier molecular flexibility index (Phi) is 5.21. The van der Waals surface area contributed by atoms with Crippen LogP contribution in [0.3, 0.4) is 0 Å². The number of fused-ring (bicyclic) bond motifs is 1. The number of H-pyrrole nitrogens is 1. The SMILES string of the molecule is CCN(Cc1c[nH]c2ccccc12)C(=O)[C@@H](C)Oc1ccc(F)c(F)c1. The maximum absolute atomic E-state index is 13.3. The van der Waals surface area contributed by atoms with E-state index in [0.717, 1.165) is 28.6 Å². The number of likely N-dealkylation sites (N-methyl/N-ethyl adjacent to an activating group) is 1. The lowest BCUT2D eigenvalue weighted by atomic mass is 10.1. The number of hydrogen-bond donors (Lipinski definition) is 1. The molecule has 0 aliphatic heterocycles. The number of rotatable bonds is 6. The second-order valence-corrected chi connectivity index (χ2v) is 6.05. The number of amides is 1. The summed E-state index contributed by atoms with van der Waals surface area (Å²) in [6.45, 7) is 4.42. The Morgan fingerprint density at radius 1 is 1.19 bits per heavy atom. The highest BCUT2D eigenvalue weighted by molar-refractivity contribution is 5.85. The van der Waals surface area contributed by atoms with Crippen LogP contribution in [-0.2, 0) is 11.3 Å². The Morgan fingerprint density at radius 2 is 1.96 bits per heavy atom. The van der Waals surface area contributed by atoms with Gasteiger partial charge in [-0.2, -0.15) is 0 Å². The molecule has 0 saturated heterocycles. The molecular weight excluding hydrogens is 338 g/mol. The van der Waals surface area contributed by atoms with Gasteiger partial charge in [0.05, 0.1) is 0 Å². The Bertz CT molecular complexity index is 923. The highest BCUT2D eigenvalue weighted by Crippen LogP contribution is 2.21. The molecule has 3 aromatic rings. The van der Waals surface area contributed by atoms with Crippen LogP contribution < -0.4 is 4.74 Å². The van der Waals surface area contributed by atoms with Crippen LogP contribution in [0.2, 0.25) is 0 Å². The predicted molar refractivity (Wildman–Crippen MR) is 95.8 cm³/mol. The summed E-state index contributed by atoms with van der Waals surface area (Å²) in [6, 6.07) is 11.1. The van der Waals surface area contributed by atoms with Crippen LogP contribution in [0.4, 0.5) is 8.78 Å². The van der Waals surface area contributed by atoms with E-state index in [0.29, 0.717) is 13.1 Å². The monoisotopic (exact) mass is 358 g/mol. The van der Waals surface area contributed by atoms with Crippen molar-refractivity contribution in [3.63, 3.8) is 0 Å². The molecule has 0 spiro atoms. The number of carbonyl (C=O) groups is 1. The van der Waals surface area contributed by atoms with Gasteiger partial charge in [-0.1, -0.05) is 18.2 Å². The summed E-state index contributed by atoms with van der Waals surface area (Å²) >= 11 is 0. The lowest BCUT2D eigenvalue weighted by Gasteiger charge is -2.24. The summed E-state index contributed by atoms with van der Waals surface area (Å²) in [5.41, 5.74) is 2.02. The average molecular weight is 358 g/mol. The summed E-state index contributed by atoms with van der Waals surface area (Å²) in [4.78, 5) is 17.6. The number of nitrogens with zero attached hydrogens (tertiary/aromatic N) is 1. The maximum atomic E-state index is 13.3. The second kappa shape index (κ2) is 7.56. The van der Waals surface area contributed by atoms with E-state index in [-0.39, 0.29) is 11.7 Å². The number of para-hydroxylation sites is 1. The number of ether oxygens (including phenoxy) is 1. The van der Waals surface area contributed by atoms with Crippen LogP contribution in [0.25, 0.3) is 10.9 Å². The number of carbonyl (C=O) groups excluding carboxylic acids is 1. The summed E-state index contributed by atoms with van der Waals surface area (Å²) in [7, 11) is 0. The second-order valence-electron chi connectivity index (χ2n) is 6.05. The first-order chi connectivity index (χ1) is 12.5. The van der Waals surface area contributed by atoms with Crippen molar-refractivity contribution in [3.8, 4) is 5.75 Å². The van der Waals surface area contributed by atoms with Crippen LogP contribution in [-0.4, -0.2) is 28.4 Å². The zero-order valence-electron chi connectivity index (χ0n) is 14.6. The van der Waals surface area contributed by atoms with Crippen molar-refractivity contribution in [1.29, 1.82) is 0 Å². The van der Waals surface area contributed by atoms with Gasteiger partial charge < -0.3 is 14.6 Å². The van der Waals surface area contributed by atoms with Gasteiger partial charge in [0.1, 0.15) is 5.75 Å². The third-order valence-corrected chi connectivity index (χ3v) is 4.28. The molecule has 0 saturated carbocycles. The molecule has 1 heterocycles. The number of halogens is 2. The van der Waals surface area contributed by atoms with Crippen LogP contribution in [0.15, 0.2) is 48.7 Å². The van der Waals surface area contributed by atoms with Crippen molar-refractivity contribution in [2.75, 3.05) is 6.54 Å². The van der Waals surface area contributed by atoms with E-state index in [2.05, 4.69) is 4.98 Å². The zero-order chi connectivity index (χ0) is 18.7. The van der Waals surface area contributed by atoms with Crippen LogP contribution in [0.5, 0.6) is 5.75 Å². The van der Waals surface area contributed by atoms with Crippen molar-refractivity contribution in [2.24, 2.45) is 0 Å². The van der Waals surface area contributed by atoms with Crippen LogP contribution >= 0.6 is 0 Å². The Balaban J connectivity index is 1.72. The number of aromatic nitrogens is 1. The number of benzene rings is 2. The standard InChI is InChI=1S/C20H20F2N2O2/c1-3-24(12-14-11-23-19-7-5-4-6-16(14)19)20(25)13(2)26-15-8-9-17(21)18(22)10-15/h4-11,13,23H,3,12H2,1-2H3/t13-/m1/s1. The quantitative estimate of drug-likeness (QED) is 0.715. The summed E-state index contributed by atoms with van der Waals surface area (Å²) in [6.07, 6.45) is 1.08. The summed E-state index contributed by atoms with van der Waals surface area (Å²) in [5.74, 6) is -2.06. The third-order valence-electron chi connectivity index (χ3n) is 4.28. The van der Waals surface area contributed by atoms with E-state index in [1.54, 1.807) is 11.8 Å². The van der Waals surface area contributed by atoms with Crippen LogP contribution in [0, 0.1) is 11.6 Å². The maximum Gasteiger partial charge on any atom is 0.263 e. The van der Waals surface area contributed by atoms with Gasteiger partial charge in [-0.15, -0.1) is 0 Å². The first-order valence-corrected chi connectivity index (χ1v) is 8.45. The molecule has 1 amide bonds. The molecule has 0 aliphatic rings. The van der Waals surface area contributed by atoms with E-state index < -0.39 is 17.7 Å². The van der Waals surface area contributed by atoms with Gasteiger partial charge in [-0.05, 0) is 37.6 Å². The van der Waals surface area contributed by atoms with E-state index in [1.807, 2.05) is 37.4 Å². The third kappa shape index (κ3) is 3.69. The lowest BCUT2D eigenvalue weighted by molar-refractivity contribution is -0.138. The smallest absolute Gasteiger partial charge is 0.263 e. The van der Waals surface area contributed by atoms with E-state index in [9.17, 15) is 13.6 Å². The summed E-state index contributed by atoms with van der Waals surface area (Å²) < 4.78 is 31.8. The van der Waals surface area contributed by atoms with E-state index in [4.69, 9.17) is 4.74 Å². The van der Waals surface area contributed by atoms with Gasteiger partial charge in [0.2, 0.25) is 0 Å². The molecule has 3 rings (SSSR count). The Hall–Kier alpha value is -2.89. The normalized spacial score (nSPS) is 12.2. The lowest BCUT2D eigenvalue weighted by Crippen LogP contribution is -2.39. The van der Waals surface area contributed by atoms with Crippen molar-refractivity contribution in [3.05, 3.63) is 65.9 Å². The number of aromatic amines is 1. The Labute approximate surface area is 150 Å². The van der Waals surface area contributed by atoms with E-state index >= 15 is 0 Å². The molecule has 0 radical (unpaired) electrons. The highest BCUT2D eigenvalue weighted by atomic mass is 19.2. The minimum atomic E-state index is -1.01. The molecule has 1 aromatic heterocycles. The number of hydrogen-bond acceptors (Lipinski definition) is 2. The molecule has 136 valence electrons. The molecule has 0 fully saturated rings. The van der Waals surface area contributed by atoms with Gasteiger partial charge in [0, 0.05) is 36.3 Å². The van der Waals surface area contributed by atoms with Crippen LogP contribution in [0.1, 0.15) is 19.4 Å². The molecule has 0 aliphatic carbocycles. The van der Waals surface area contributed by atoms with Gasteiger partial charge in [-0.25, -0.2) is 8.78 Å². The minimum Gasteiger partial charge on any atom is -0.481 e. The molecule has 6 heteroatoms. The molecular formula is C20H20F2N2O2. The molecule has 2 aromatic carbocycles. The minimum absolute atomic E-state index is 0.118.